The molecule has 4 heteroatoms. The Morgan fingerprint density at radius 1 is 0.724 bits per heavy atom. The fourth-order valence-corrected chi connectivity index (χ4v) is 3.52. The molecule has 2 N–H and O–H groups in total. The Balaban J connectivity index is 2.46. The predicted molar refractivity (Wildman–Crippen MR) is 118 cm³/mol. The summed E-state index contributed by atoms with van der Waals surface area (Å²) < 4.78 is 11.5. The molecular formula is C25H36O4. The van der Waals surface area contributed by atoms with Crippen LogP contribution in [-0.4, -0.2) is 36.6 Å². The van der Waals surface area contributed by atoms with Crippen LogP contribution in [0, 0.1) is 0 Å². The van der Waals surface area contributed by atoms with E-state index in [1.165, 1.54) is 11.1 Å². The molecule has 0 spiro atoms. The summed E-state index contributed by atoms with van der Waals surface area (Å²) in [6.45, 7) is 13.7. The van der Waals surface area contributed by atoms with Gasteiger partial charge in [0, 0.05) is 5.41 Å². The molecular weight excluding hydrogens is 364 g/mol. The van der Waals surface area contributed by atoms with Gasteiger partial charge in [0.25, 0.3) is 0 Å². The van der Waals surface area contributed by atoms with E-state index < -0.39 is 0 Å². The molecule has 0 saturated heterocycles. The molecule has 0 atom stereocenters. The highest BCUT2D eigenvalue weighted by Crippen LogP contribution is 2.39. The summed E-state index contributed by atoms with van der Waals surface area (Å²) in [6, 6.07) is 12.7. The maximum atomic E-state index is 9.09. The van der Waals surface area contributed by atoms with Gasteiger partial charge >= 0.3 is 0 Å². The zero-order valence-electron chi connectivity index (χ0n) is 18.7. The van der Waals surface area contributed by atoms with Crippen LogP contribution in [0.1, 0.15) is 75.6 Å². The van der Waals surface area contributed by atoms with Gasteiger partial charge in [-0.15, -0.1) is 0 Å². The Labute approximate surface area is 175 Å². The number of aliphatic hydroxyl groups excluding tert-OH is 2. The van der Waals surface area contributed by atoms with Crippen molar-refractivity contribution in [1.82, 2.24) is 0 Å². The average molecular weight is 401 g/mol. The minimum atomic E-state index is -0.196. The maximum absolute atomic E-state index is 9.09. The second-order valence-electron chi connectivity index (χ2n) is 8.58. The lowest BCUT2D eigenvalue weighted by molar-refractivity contribution is 0.200. The Morgan fingerprint density at radius 3 is 1.41 bits per heavy atom. The topological polar surface area (TPSA) is 58.9 Å². The second-order valence-corrected chi connectivity index (χ2v) is 8.58. The Bertz CT molecular complexity index is 728. The molecule has 0 bridgehead atoms. The lowest BCUT2D eigenvalue weighted by atomic mass is 9.76. The van der Waals surface area contributed by atoms with Gasteiger partial charge in [0.15, 0.2) is 0 Å². The molecule has 0 heterocycles. The molecule has 0 radical (unpaired) electrons. The van der Waals surface area contributed by atoms with Crippen LogP contribution in [0.2, 0.25) is 0 Å². The molecule has 2 aromatic carbocycles. The van der Waals surface area contributed by atoms with E-state index in [-0.39, 0.29) is 18.6 Å². The van der Waals surface area contributed by atoms with Crippen molar-refractivity contribution in [1.29, 1.82) is 0 Å². The summed E-state index contributed by atoms with van der Waals surface area (Å²) in [6.07, 6.45) is 0. The quantitative estimate of drug-likeness (QED) is 0.589. The fraction of sp³-hybridized carbons (Fsp3) is 0.520. The van der Waals surface area contributed by atoms with Gasteiger partial charge in [-0.1, -0.05) is 65.8 Å². The number of rotatable bonds is 10. The Hall–Kier alpha value is -2.04. The van der Waals surface area contributed by atoms with E-state index in [0.717, 1.165) is 22.6 Å². The normalized spacial score (nSPS) is 11.9. The minimum Gasteiger partial charge on any atom is -0.491 e. The molecule has 0 aromatic heterocycles. The smallest absolute Gasteiger partial charge is 0.122 e. The van der Waals surface area contributed by atoms with E-state index in [0.29, 0.717) is 25.0 Å². The number of benzene rings is 2. The van der Waals surface area contributed by atoms with Crippen LogP contribution in [0.25, 0.3) is 0 Å². The molecule has 0 aliphatic heterocycles. The number of hydrogen-bond acceptors (Lipinski definition) is 4. The third-order valence-electron chi connectivity index (χ3n) is 5.40. The summed E-state index contributed by atoms with van der Waals surface area (Å²) in [7, 11) is 0. The van der Waals surface area contributed by atoms with Crippen LogP contribution in [0.4, 0.5) is 0 Å². The summed E-state index contributed by atoms with van der Waals surface area (Å²) in [5.41, 5.74) is 4.54. The van der Waals surface area contributed by atoms with Crippen LogP contribution < -0.4 is 9.47 Å². The first kappa shape index (κ1) is 23.2. The summed E-state index contributed by atoms with van der Waals surface area (Å²) >= 11 is 0. The van der Waals surface area contributed by atoms with Crippen molar-refractivity contribution in [3.05, 3.63) is 58.7 Å². The van der Waals surface area contributed by atoms with Crippen LogP contribution in [0.15, 0.2) is 36.4 Å². The lowest BCUT2D eigenvalue weighted by Gasteiger charge is -2.29. The second kappa shape index (κ2) is 10.1. The molecule has 0 unspecified atom stereocenters. The van der Waals surface area contributed by atoms with Crippen LogP contribution >= 0.6 is 0 Å². The summed E-state index contributed by atoms with van der Waals surface area (Å²) in [5, 5.41) is 18.2. The number of aliphatic hydroxyl groups is 2. The van der Waals surface area contributed by atoms with Crippen LogP contribution in [0.5, 0.6) is 11.5 Å². The molecule has 160 valence electrons. The van der Waals surface area contributed by atoms with Crippen molar-refractivity contribution in [3.63, 3.8) is 0 Å². The molecule has 0 saturated carbocycles. The minimum absolute atomic E-state index is 0.00740. The summed E-state index contributed by atoms with van der Waals surface area (Å²) in [4.78, 5) is 0. The Kier molecular flexibility index (Phi) is 8.12. The highest BCUT2D eigenvalue weighted by Gasteiger charge is 2.26. The standard InChI is InChI=1S/C25H36O4/c1-17(2)21-15-19(7-9-23(21)28-13-11-26)25(5,6)20-8-10-24(29-14-12-27)22(16-20)18(3)4/h7-10,15-18,26-27H,11-14H2,1-6H3. The van der Waals surface area contributed by atoms with E-state index in [1.54, 1.807) is 0 Å². The van der Waals surface area contributed by atoms with Crippen molar-refractivity contribution in [3.8, 4) is 11.5 Å². The molecule has 4 nitrogen and oxygen atoms in total. The predicted octanol–water partition coefficient (Wildman–Crippen LogP) is 5.00. The van der Waals surface area contributed by atoms with Crippen LogP contribution in [0.3, 0.4) is 0 Å². The van der Waals surface area contributed by atoms with Gasteiger partial charge in [0.2, 0.25) is 0 Å². The zero-order valence-corrected chi connectivity index (χ0v) is 18.7. The van der Waals surface area contributed by atoms with Crippen molar-refractivity contribution in [2.75, 3.05) is 26.4 Å². The highest BCUT2D eigenvalue weighted by atomic mass is 16.5. The molecule has 0 fully saturated rings. The van der Waals surface area contributed by atoms with Gasteiger partial charge < -0.3 is 19.7 Å². The van der Waals surface area contributed by atoms with Gasteiger partial charge in [0.1, 0.15) is 24.7 Å². The monoisotopic (exact) mass is 400 g/mol. The molecule has 0 aliphatic carbocycles. The first-order chi connectivity index (χ1) is 13.7. The van der Waals surface area contributed by atoms with Gasteiger partial charge in [0.05, 0.1) is 13.2 Å². The van der Waals surface area contributed by atoms with Gasteiger partial charge in [-0.25, -0.2) is 0 Å². The average Bonchev–Trinajstić information content (AvgIpc) is 2.70. The lowest BCUT2D eigenvalue weighted by Crippen LogP contribution is -2.20. The molecule has 2 aromatic rings. The van der Waals surface area contributed by atoms with Gasteiger partial charge in [-0.3, -0.25) is 0 Å². The zero-order chi connectivity index (χ0) is 21.6. The molecule has 0 aliphatic rings. The first-order valence-electron chi connectivity index (χ1n) is 10.5. The van der Waals surface area contributed by atoms with E-state index in [4.69, 9.17) is 19.7 Å². The number of ether oxygens (including phenoxy) is 2. The number of hydrogen-bond donors (Lipinski definition) is 2. The van der Waals surface area contributed by atoms with Crippen LogP contribution in [-0.2, 0) is 5.41 Å². The van der Waals surface area contributed by atoms with Crippen molar-refractivity contribution >= 4 is 0 Å². The summed E-state index contributed by atoms with van der Waals surface area (Å²) in [5.74, 6) is 2.31. The van der Waals surface area contributed by atoms with Gasteiger partial charge in [-0.05, 0) is 46.2 Å². The third kappa shape index (κ3) is 5.52. The van der Waals surface area contributed by atoms with Crippen molar-refractivity contribution in [2.24, 2.45) is 0 Å². The highest BCUT2D eigenvalue weighted by molar-refractivity contribution is 5.49. The Morgan fingerprint density at radius 2 is 1.10 bits per heavy atom. The third-order valence-corrected chi connectivity index (χ3v) is 5.40. The largest absolute Gasteiger partial charge is 0.491 e. The molecule has 2 rings (SSSR count). The fourth-order valence-electron chi connectivity index (χ4n) is 3.52. The SMILES string of the molecule is CC(C)c1cc(C(C)(C)c2ccc(OCCO)c(C(C)C)c2)ccc1OCCO. The van der Waals surface area contributed by atoms with Crippen molar-refractivity contribution in [2.45, 2.75) is 58.8 Å². The molecule has 29 heavy (non-hydrogen) atoms. The molecule has 0 amide bonds. The van der Waals surface area contributed by atoms with E-state index in [1.807, 2.05) is 12.1 Å². The van der Waals surface area contributed by atoms with E-state index in [2.05, 4.69) is 65.8 Å². The first-order valence-corrected chi connectivity index (χ1v) is 10.5. The van der Waals surface area contributed by atoms with Crippen molar-refractivity contribution < 1.29 is 19.7 Å². The maximum Gasteiger partial charge on any atom is 0.122 e. The van der Waals surface area contributed by atoms with E-state index >= 15 is 0 Å². The van der Waals surface area contributed by atoms with E-state index in [9.17, 15) is 0 Å². The van der Waals surface area contributed by atoms with Gasteiger partial charge in [-0.2, -0.15) is 0 Å².